The summed E-state index contributed by atoms with van der Waals surface area (Å²) >= 11 is 0. The molecule has 0 aliphatic heterocycles. The van der Waals surface area contributed by atoms with Crippen molar-refractivity contribution >= 4 is 17.5 Å². The molecule has 0 aliphatic carbocycles. The number of carbonyl (C=O) groups excluding carboxylic acids is 1. The molecule has 0 radical (unpaired) electrons. The van der Waals surface area contributed by atoms with Crippen LogP contribution in [0.4, 0.5) is 11.6 Å². The van der Waals surface area contributed by atoms with Gasteiger partial charge in [0.25, 0.3) is 11.6 Å². The first-order valence-electron chi connectivity index (χ1n) is 5.25. The van der Waals surface area contributed by atoms with Gasteiger partial charge < -0.3 is 9.72 Å². The van der Waals surface area contributed by atoms with Crippen LogP contribution in [0.2, 0.25) is 0 Å². The first-order valence-corrected chi connectivity index (χ1v) is 5.25. The summed E-state index contributed by atoms with van der Waals surface area (Å²) in [6.45, 7) is 0. The molecule has 0 saturated heterocycles. The molecule has 0 unspecified atom stereocenters. The number of aromatic nitrogens is 2. The van der Waals surface area contributed by atoms with Crippen LogP contribution in [0.5, 0.6) is 5.75 Å². The SMILES string of the molecule is COc1cc([N+](=O)[O-])ccc1C(=O)Nc1ncc[nH]1. The molecule has 0 aliphatic rings. The zero-order valence-corrected chi connectivity index (χ0v) is 9.91. The van der Waals surface area contributed by atoms with Crippen molar-refractivity contribution in [2.24, 2.45) is 0 Å². The number of benzene rings is 1. The topological polar surface area (TPSA) is 110 Å². The molecule has 1 heterocycles. The first kappa shape index (κ1) is 12.6. The number of ether oxygens (including phenoxy) is 1. The molecule has 0 bridgehead atoms. The smallest absolute Gasteiger partial charge is 0.273 e. The molecule has 0 saturated carbocycles. The largest absolute Gasteiger partial charge is 0.496 e. The number of H-pyrrole nitrogens is 1. The van der Waals surface area contributed by atoms with Crippen molar-refractivity contribution in [2.45, 2.75) is 0 Å². The van der Waals surface area contributed by atoms with Crippen molar-refractivity contribution in [1.29, 1.82) is 0 Å². The highest BCUT2D eigenvalue weighted by molar-refractivity contribution is 6.05. The maximum absolute atomic E-state index is 12.0. The normalized spacial score (nSPS) is 9.95. The highest BCUT2D eigenvalue weighted by Gasteiger charge is 2.17. The Bertz CT molecular complexity index is 609. The second-order valence-corrected chi connectivity index (χ2v) is 3.53. The number of hydrogen-bond acceptors (Lipinski definition) is 5. The minimum atomic E-state index is -0.559. The number of nitro groups is 1. The lowest BCUT2D eigenvalue weighted by Gasteiger charge is -2.07. The molecule has 2 N–H and O–H groups in total. The minimum Gasteiger partial charge on any atom is -0.496 e. The van der Waals surface area contributed by atoms with Crippen LogP contribution in [0.1, 0.15) is 10.4 Å². The Labute approximate surface area is 107 Å². The third kappa shape index (κ3) is 2.68. The number of rotatable bonds is 4. The average molecular weight is 262 g/mol. The van der Waals surface area contributed by atoms with Gasteiger partial charge in [-0.05, 0) is 6.07 Å². The van der Waals surface area contributed by atoms with Crippen LogP contribution in [0.3, 0.4) is 0 Å². The number of non-ortho nitro benzene ring substituents is 1. The lowest BCUT2D eigenvalue weighted by atomic mass is 10.1. The van der Waals surface area contributed by atoms with Crippen molar-refractivity contribution in [2.75, 3.05) is 12.4 Å². The first-order chi connectivity index (χ1) is 9.11. The van der Waals surface area contributed by atoms with E-state index in [1.165, 1.54) is 31.5 Å². The molecular weight excluding hydrogens is 252 g/mol. The van der Waals surface area contributed by atoms with Crippen molar-refractivity contribution < 1.29 is 14.5 Å². The minimum absolute atomic E-state index is 0.123. The van der Waals surface area contributed by atoms with Crippen LogP contribution in [-0.4, -0.2) is 27.9 Å². The lowest BCUT2D eigenvalue weighted by molar-refractivity contribution is -0.384. The van der Waals surface area contributed by atoms with Crippen molar-refractivity contribution in [3.8, 4) is 5.75 Å². The van der Waals surface area contributed by atoms with Gasteiger partial charge in [-0.25, -0.2) is 4.98 Å². The predicted octanol–water partition coefficient (Wildman–Crippen LogP) is 1.58. The Morgan fingerprint density at radius 2 is 2.32 bits per heavy atom. The van der Waals surface area contributed by atoms with Crippen molar-refractivity contribution in [3.63, 3.8) is 0 Å². The molecule has 98 valence electrons. The molecule has 2 aromatic rings. The number of amides is 1. The fourth-order valence-corrected chi connectivity index (χ4v) is 1.49. The monoisotopic (exact) mass is 262 g/mol. The molecule has 1 aromatic heterocycles. The number of imidazole rings is 1. The number of carbonyl (C=O) groups is 1. The van der Waals surface area contributed by atoms with Crippen LogP contribution in [0.15, 0.2) is 30.6 Å². The van der Waals surface area contributed by atoms with E-state index in [0.29, 0.717) is 0 Å². The molecule has 0 atom stereocenters. The summed E-state index contributed by atoms with van der Waals surface area (Å²) in [4.78, 5) is 28.6. The van der Waals surface area contributed by atoms with Gasteiger partial charge in [-0.3, -0.25) is 20.2 Å². The number of anilines is 1. The zero-order valence-electron chi connectivity index (χ0n) is 9.91. The van der Waals surface area contributed by atoms with Gasteiger partial charge >= 0.3 is 0 Å². The maximum Gasteiger partial charge on any atom is 0.273 e. The summed E-state index contributed by atoms with van der Waals surface area (Å²) in [6, 6.07) is 3.76. The molecule has 1 amide bonds. The van der Waals surface area contributed by atoms with Gasteiger partial charge in [-0.1, -0.05) is 0 Å². The summed E-state index contributed by atoms with van der Waals surface area (Å²) < 4.78 is 4.98. The van der Waals surface area contributed by atoms with Crippen molar-refractivity contribution in [1.82, 2.24) is 9.97 Å². The van der Waals surface area contributed by atoms with Crippen LogP contribution in [-0.2, 0) is 0 Å². The van der Waals surface area contributed by atoms with Gasteiger partial charge in [0.2, 0.25) is 5.95 Å². The van der Waals surface area contributed by atoms with E-state index in [4.69, 9.17) is 4.74 Å². The van der Waals surface area contributed by atoms with Gasteiger partial charge in [0, 0.05) is 18.5 Å². The molecule has 2 rings (SSSR count). The number of nitrogens with one attached hydrogen (secondary N) is 2. The second-order valence-electron chi connectivity index (χ2n) is 3.53. The van der Waals surface area contributed by atoms with Gasteiger partial charge in [0.15, 0.2) is 0 Å². The fraction of sp³-hybridized carbons (Fsp3) is 0.0909. The Kier molecular flexibility index (Phi) is 3.42. The van der Waals surface area contributed by atoms with E-state index in [2.05, 4.69) is 15.3 Å². The molecular formula is C11H10N4O4. The van der Waals surface area contributed by atoms with Gasteiger partial charge in [0.05, 0.1) is 23.7 Å². The van der Waals surface area contributed by atoms with E-state index < -0.39 is 10.8 Å². The number of hydrogen-bond donors (Lipinski definition) is 2. The van der Waals surface area contributed by atoms with Crippen LogP contribution in [0.25, 0.3) is 0 Å². The second kappa shape index (κ2) is 5.17. The predicted molar refractivity (Wildman–Crippen MR) is 66.2 cm³/mol. The molecule has 8 nitrogen and oxygen atoms in total. The average Bonchev–Trinajstić information content (AvgIpc) is 2.90. The molecule has 0 spiro atoms. The lowest BCUT2D eigenvalue weighted by Crippen LogP contribution is -2.14. The maximum atomic E-state index is 12.0. The zero-order chi connectivity index (χ0) is 13.8. The molecule has 1 aromatic carbocycles. The summed E-state index contributed by atoms with van der Waals surface area (Å²) in [7, 11) is 1.34. The van der Waals surface area contributed by atoms with E-state index in [9.17, 15) is 14.9 Å². The summed E-state index contributed by atoms with van der Waals surface area (Å²) in [6.07, 6.45) is 3.05. The quantitative estimate of drug-likeness (QED) is 0.642. The highest BCUT2D eigenvalue weighted by Crippen LogP contribution is 2.25. The van der Waals surface area contributed by atoms with Crippen molar-refractivity contribution in [3.05, 3.63) is 46.3 Å². The van der Waals surface area contributed by atoms with Gasteiger partial charge in [0.1, 0.15) is 5.75 Å². The Balaban J connectivity index is 2.28. The van der Waals surface area contributed by atoms with E-state index >= 15 is 0 Å². The number of aromatic amines is 1. The summed E-state index contributed by atoms with van der Waals surface area (Å²) in [5.74, 6) is -0.0645. The third-order valence-electron chi connectivity index (χ3n) is 2.37. The molecule has 8 heteroatoms. The Morgan fingerprint density at radius 1 is 1.53 bits per heavy atom. The number of methoxy groups -OCH3 is 1. The van der Waals surface area contributed by atoms with E-state index in [0.717, 1.165) is 0 Å². The van der Waals surface area contributed by atoms with Gasteiger partial charge in [-0.2, -0.15) is 0 Å². The van der Waals surface area contributed by atoms with E-state index in [1.54, 1.807) is 6.20 Å². The van der Waals surface area contributed by atoms with Crippen LogP contribution >= 0.6 is 0 Å². The van der Waals surface area contributed by atoms with E-state index in [1.807, 2.05) is 0 Å². The van der Waals surface area contributed by atoms with Crippen LogP contribution < -0.4 is 10.1 Å². The fourth-order valence-electron chi connectivity index (χ4n) is 1.49. The number of nitro benzene ring substituents is 1. The van der Waals surface area contributed by atoms with Crippen LogP contribution in [0, 0.1) is 10.1 Å². The Morgan fingerprint density at radius 3 is 2.89 bits per heavy atom. The Hall–Kier alpha value is -2.90. The van der Waals surface area contributed by atoms with E-state index in [-0.39, 0.29) is 22.9 Å². The summed E-state index contributed by atoms with van der Waals surface area (Å²) in [5.41, 5.74) is 0.0379. The third-order valence-corrected chi connectivity index (χ3v) is 2.37. The highest BCUT2D eigenvalue weighted by atomic mass is 16.6. The number of nitrogens with zero attached hydrogens (tertiary/aromatic N) is 2. The standard InChI is InChI=1S/C11H10N4O4/c1-19-9-6-7(15(17)18)2-3-8(9)10(16)14-11-12-4-5-13-11/h2-6H,1H3,(H2,12,13,14,16). The van der Waals surface area contributed by atoms with Gasteiger partial charge in [-0.15, -0.1) is 0 Å². The summed E-state index contributed by atoms with van der Waals surface area (Å²) in [5, 5.41) is 13.1. The molecule has 19 heavy (non-hydrogen) atoms. The molecule has 0 fully saturated rings.